The van der Waals surface area contributed by atoms with Crippen LogP contribution >= 0.6 is 11.6 Å². The highest BCUT2D eigenvalue weighted by atomic mass is 35.5. The van der Waals surface area contributed by atoms with Crippen molar-refractivity contribution < 1.29 is 9.59 Å². The second-order valence-electron chi connectivity index (χ2n) is 4.91. The zero-order valence-electron chi connectivity index (χ0n) is 11.1. The number of benzene rings is 1. The van der Waals surface area contributed by atoms with Crippen LogP contribution in [0, 0.1) is 0 Å². The van der Waals surface area contributed by atoms with Crippen molar-refractivity contribution in [2.75, 3.05) is 12.3 Å². The number of nitrogens with one attached hydrogen (secondary N) is 2. The molecule has 1 saturated carbocycles. The van der Waals surface area contributed by atoms with Gasteiger partial charge in [-0.15, -0.1) is 0 Å². The summed E-state index contributed by atoms with van der Waals surface area (Å²) in [6, 6.07) is 5.32. The number of rotatable bonds is 6. The Bertz CT molecular complexity index is 495. The highest BCUT2D eigenvalue weighted by Gasteiger charge is 2.22. The molecule has 0 atom stereocenters. The smallest absolute Gasteiger partial charge is 0.254 e. The van der Waals surface area contributed by atoms with Gasteiger partial charge >= 0.3 is 0 Å². The Balaban J connectivity index is 1.73. The lowest BCUT2D eigenvalue weighted by molar-refractivity contribution is -0.121. The third kappa shape index (κ3) is 4.13. The molecule has 1 aliphatic rings. The van der Waals surface area contributed by atoms with Crippen molar-refractivity contribution in [2.45, 2.75) is 31.7 Å². The molecule has 108 valence electrons. The molecule has 6 heteroatoms. The van der Waals surface area contributed by atoms with Crippen molar-refractivity contribution in [3.63, 3.8) is 0 Å². The van der Waals surface area contributed by atoms with Gasteiger partial charge in [-0.2, -0.15) is 0 Å². The second-order valence-corrected chi connectivity index (χ2v) is 5.31. The summed E-state index contributed by atoms with van der Waals surface area (Å²) in [7, 11) is 0. The number of hydrogen-bond donors (Lipinski definition) is 3. The van der Waals surface area contributed by atoms with Gasteiger partial charge in [-0.3, -0.25) is 9.59 Å². The van der Waals surface area contributed by atoms with Crippen LogP contribution in [0.15, 0.2) is 18.2 Å². The van der Waals surface area contributed by atoms with E-state index in [-0.39, 0.29) is 17.4 Å². The predicted molar refractivity (Wildman–Crippen MR) is 78.6 cm³/mol. The van der Waals surface area contributed by atoms with E-state index in [1.165, 1.54) is 0 Å². The first kappa shape index (κ1) is 14.7. The number of anilines is 1. The molecule has 1 aliphatic carbocycles. The minimum atomic E-state index is -0.310. The van der Waals surface area contributed by atoms with E-state index in [4.69, 9.17) is 17.3 Å². The van der Waals surface area contributed by atoms with Crippen LogP contribution in [0.4, 0.5) is 5.69 Å². The Kier molecular flexibility index (Phi) is 4.84. The molecular formula is C14H18ClN3O2. The minimum absolute atomic E-state index is 0.0407. The zero-order chi connectivity index (χ0) is 14.5. The highest BCUT2D eigenvalue weighted by molar-refractivity contribution is 6.34. The molecule has 0 spiro atoms. The van der Waals surface area contributed by atoms with Crippen LogP contribution < -0.4 is 16.4 Å². The maximum atomic E-state index is 11.9. The summed E-state index contributed by atoms with van der Waals surface area (Å²) in [4.78, 5) is 23.4. The van der Waals surface area contributed by atoms with Crippen LogP contribution in [0.5, 0.6) is 0 Å². The summed E-state index contributed by atoms with van der Waals surface area (Å²) in [5, 5.41) is 5.95. The van der Waals surface area contributed by atoms with Crippen LogP contribution in [-0.4, -0.2) is 24.4 Å². The lowest BCUT2D eigenvalue weighted by Crippen LogP contribution is -2.29. The second kappa shape index (κ2) is 6.61. The maximum Gasteiger partial charge on any atom is 0.254 e. The Morgan fingerprint density at radius 1 is 1.35 bits per heavy atom. The third-order valence-corrected chi connectivity index (χ3v) is 3.40. The zero-order valence-corrected chi connectivity index (χ0v) is 11.9. The van der Waals surface area contributed by atoms with Gasteiger partial charge in [0.15, 0.2) is 0 Å². The average Bonchev–Trinajstić information content (AvgIpc) is 3.18. The average molecular weight is 296 g/mol. The van der Waals surface area contributed by atoms with Crippen molar-refractivity contribution >= 4 is 29.1 Å². The fourth-order valence-corrected chi connectivity index (χ4v) is 2.11. The first-order valence-electron chi connectivity index (χ1n) is 6.69. The van der Waals surface area contributed by atoms with E-state index in [0.29, 0.717) is 36.1 Å². The van der Waals surface area contributed by atoms with Gasteiger partial charge < -0.3 is 16.4 Å². The Morgan fingerprint density at radius 3 is 2.75 bits per heavy atom. The molecule has 2 amide bonds. The van der Waals surface area contributed by atoms with Gasteiger partial charge in [-0.05, 0) is 31.4 Å². The molecule has 0 saturated heterocycles. The summed E-state index contributed by atoms with van der Waals surface area (Å²) < 4.78 is 0. The van der Waals surface area contributed by atoms with Gasteiger partial charge in [-0.25, -0.2) is 0 Å². The van der Waals surface area contributed by atoms with E-state index in [0.717, 1.165) is 12.8 Å². The summed E-state index contributed by atoms with van der Waals surface area (Å²) in [5.74, 6) is -0.269. The molecule has 0 aromatic heterocycles. The predicted octanol–water partition coefficient (Wildman–Crippen LogP) is 1.71. The molecule has 1 aromatic carbocycles. The number of amides is 2. The highest BCUT2D eigenvalue weighted by Crippen LogP contribution is 2.21. The van der Waals surface area contributed by atoms with Crippen LogP contribution in [0.1, 0.15) is 36.0 Å². The third-order valence-electron chi connectivity index (χ3n) is 3.08. The van der Waals surface area contributed by atoms with Crippen LogP contribution in [0.3, 0.4) is 0 Å². The van der Waals surface area contributed by atoms with E-state index in [2.05, 4.69) is 10.6 Å². The van der Waals surface area contributed by atoms with Crippen LogP contribution in [0.2, 0.25) is 5.02 Å². The number of halogens is 1. The van der Waals surface area contributed by atoms with E-state index >= 15 is 0 Å². The SMILES string of the molecule is Nc1cccc(Cl)c1C(=O)NCCCC(=O)NC1CC1. The number of hydrogen-bond acceptors (Lipinski definition) is 3. The summed E-state index contributed by atoms with van der Waals surface area (Å²) >= 11 is 5.95. The Morgan fingerprint density at radius 2 is 2.10 bits per heavy atom. The lowest BCUT2D eigenvalue weighted by Gasteiger charge is -2.09. The van der Waals surface area contributed by atoms with Crippen molar-refractivity contribution in [2.24, 2.45) is 0 Å². The standard InChI is InChI=1S/C14H18ClN3O2/c15-10-3-1-4-11(16)13(10)14(20)17-8-2-5-12(19)18-9-6-7-9/h1,3-4,9H,2,5-8,16H2,(H,17,20)(H,18,19). The van der Waals surface area contributed by atoms with E-state index < -0.39 is 0 Å². The van der Waals surface area contributed by atoms with Gasteiger partial charge in [0.25, 0.3) is 5.91 Å². The lowest BCUT2D eigenvalue weighted by atomic mass is 10.1. The molecule has 5 nitrogen and oxygen atoms in total. The summed E-state index contributed by atoms with van der Waals surface area (Å²) in [6.45, 7) is 0.418. The van der Waals surface area contributed by atoms with Crippen molar-refractivity contribution in [3.8, 4) is 0 Å². The Labute approximate surface area is 122 Å². The Hall–Kier alpha value is -1.75. The molecule has 4 N–H and O–H groups in total. The topological polar surface area (TPSA) is 84.2 Å². The van der Waals surface area contributed by atoms with Crippen molar-refractivity contribution in [3.05, 3.63) is 28.8 Å². The fourth-order valence-electron chi connectivity index (χ4n) is 1.85. The van der Waals surface area contributed by atoms with Gasteiger partial charge in [0.1, 0.15) is 0 Å². The number of nitrogen functional groups attached to an aromatic ring is 1. The number of carbonyl (C=O) groups is 2. The molecule has 0 heterocycles. The fraction of sp³-hybridized carbons (Fsp3) is 0.429. The first-order chi connectivity index (χ1) is 9.58. The molecule has 2 rings (SSSR count). The molecule has 1 fully saturated rings. The van der Waals surface area contributed by atoms with Crippen molar-refractivity contribution in [1.29, 1.82) is 0 Å². The van der Waals surface area contributed by atoms with Crippen molar-refractivity contribution in [1.82, 2.24) is 10.6 Å². The van der Waals surface area contributed by atoms with Gasteiger partial charge in [-0.1, -0.05) is 17.7 Å². The van der Waals surface area contributed by atoms with E-state index in [1.54, 1.807) is 18.2 Å². The maximum absolute atomic E-state index is 11.9. The largest absolute Gasteiger partial charge is 0.398 e. The molecule has 0 radical (unpaired) electrons. The molecule has 0 unspecified atom stereocenters. The first-order valence-corrected chi connectivity index (χ1v) is 7.07. The monoisotopic (exact) mass is 295 g/mol. The quantitative estimate of drug-likeness (QED) is 0.552. The minimum Gasteiger partial charge on any atom is -0.398 e. The molecule has 0 bridgehead atoms. The van der Waals surface area contributed by atoms with E-state index in [1.807, 2.05) is 0 Å². The molecular weight excluding hydrogens is 278 g/mol. The normalized spacial score (nSPS) is 13.8. The van der Waals surface area contributed by atoms with Gasteiger partial charge in [0, 0.05) is 24.7 Å². The summed E-state index contributed by atoms with van der Waals surface area (Å²) in [6.07, 6.45) is 3.16. The van der Waals surface area contributed by atoms with Gasteiger partial charge in [0.2, 0.25) is 5.91 Å². The molecule has 0 aliphatic heterocycles. The number of carbonyl (C=O) groups excluding carboxylic acids is 2. The molecule has 20 heavy (non-hydrogen) atoms. The van der Waals surface area contributed by atoms with Gasteiger partial charge in [0.05, 0.1) is 10.6 Å². The molecule has 1 aromatic rings. The van der Waals surface area contributed by atoms with Crippen LogP contribution in [0.25, 0.3) is 0 Å². The summed E-state index contributed by atoms with van der Waals surface area (Å²) in [5.41, 5.74) is 6.36. The van der Waals surface area contributed by atoms with E-state index in [9.17, 15) is 9.59 Å². The number of nitrogens with two attached hydrogens (primary N) is 1. The van der Waals surface area contributed by atoms with Crippen LogP contribution in [-0.2, 0) is 4.79 Å².